The van der Waals surface area contributed by atoms with Crippen LogP contribution in [0.3, 0.4) is 0 Å². The monoisotopic (exact) mass is 155 g/mol. The largest absolute Gasteiger partial charge is 0.453 e. The topological polar surface area (TPSA) is 38.3 Å². The highest BCUT2D eigenvalue weighted by atomic mass is 16.5. The van der Waals surface area contributed by atoms with E-state index in [0.717, 1.165) is 11.8 Å². The van der Waals surface area contributed by atoms with Gasteiger partial charge in [-0.3, -0.25) is 0 Å². The zero-order valence-electron chi connectivity index (χ0n) is 6.67. The number of ether oxygens (including phenoxy) is 1. The van der Waals surface area contributed by atoms with E-state index in [1.54, 1.807) is 0 Å². The summed E-state index contributed by atoms with van der Waals surface area (Å²) in [7, 11) is 1.41. The Morgan fingerprint density at radius 1 is 1.45 bits per heavy atom. The summed E-state index contributed by atoms with van der Waals surface area (Å²) < 4.78 is 4.52. The molecule has 11 heavy (non-hydrogen) atoms. The van der Waals surface area contributed by atoms with Gasteiger partial charge in [-0.2, -0.15) is 0 Å². The normalized spacial score (nSPS) is 39.5. The van der Waals surface area contributed by atoms with E-state index >= 15 is 0 Å². The minimum absolute atomic E-state index is 0.274. The van der Waals surface area contributed by atoms with Crippen LogP contribution in [-0.2, 0) is 4.74 Å². The first-order valence-electron chi connectivity index (χ1n) is 4.17. The Hall–Kier alpha value is -0.730. The summed E-state index contributed by atoms with van der Waals surface area (Å²) in [6.45, 7) is 0. The Kier molecular flexibility index (Phi) is 1.51. The van der Waals surface area contributed by atoms with Crippen molar-refractivity contribution in [2.24, 2.45) is 11.8 Å². The molecule has 1 unspecified atom stereocenters. The smallest absolute Gasteiger partial charge is 0.407 e. The van der Waals surface area contributed by atoms with Gasteiger partial charge in [0, 0.05) is 6.04 Å². The number of alkyl carbamates (subject to hydrolysis) is 1. The average Bonchev–Trinajstić information content (AvgIpc) is 2.52. The van der Waals surface area contributed by atoms with Crippen molar-refractivity contribution in [2.75, 3.05) is 7.11 Å². The van der Waals surface area contributed by atoms with Gasteiger partial charge in [0.1, 0.15) is 0 Å². The molecule has 2 fully saturated rings. The van der Waals surface area contributed by atoms with Crippen molar-refractivity contribution in [1.29, 1.82) is 0 Å². The first-order valence-corrected chi connectivity index (χ1v) is 4.17. The van der Waals surface area contributed by atoms with E-state index in [1.165, 1.54) is 26.4 Å². The maximum Gasteiger partial charge on any atom is 0.407 e. The quantitative estimate of drug-likeness (QED) is 0.616. The van der Waals surface area contributed by atoms with Crippen LogP contribution in [0.5, 0.6) is 0 Å². The number of fused-ring (bicyclic) bond motifs is 1. The molecular weight excluding hydrogens is 142 g/mol. The second-order valence-electron chi connectivity index (χ2n) is 3.42. The molecule has 62 valence electrons. The maximum atomic E-state index is 10.8. The molecule has 1 N–H and O–H groups in total. The molecule has 0 aromatic rings. The molecule has 0 saturated heterocycles. The second kappa shape index (κ2) is 2.40. The molecule has 2 rings (SSSR count). The molecule has 1 amide bonds. The number of methoxy groups -OCH3 is 1. The van der Waals surface area contributed by atoms with Crippen LogP contribution in [0.25, 0.3) is 0 Å². The number of carbonyl (C=O) groups is 1. The fourth-order valence-corrected chi connectivity index (χ4v) is 2.23. The number of hydrogen-bond donors (Lipinski definition) is 1. The van der Waals surface area contributed by atoms with Gasteiger partial charge in [0.25, 0.3) is 0 Å². The van der Waals surface area contributed by atoms with Gasteiger partial charge < -0.3 is 10.1 Å². The predicted molar refractivity (Wildman–Crippen MR) is 40.2 cm³/mol. The SMILES string of the molecule is COC(=O)NC1[C@H]2CCC[C@@H]12. The first kappa shape index (κ1) is 6.95. The van der Waals surface area contributed by atoms with Crippen molar-refractivity contribution < 1.29 is 9.53 Å². The van der Waals surface area contributed by atoms with Crippen LogP contribution in [0.2, 0.25) is 0 Å². The van der Waals surface area contributed by atoms with E-state index in [4.69, 9.17) is 0 Å². The van der Waals surface area contributed by atoms with Crippen LogP contribution in [0.1, 0.15) is 19.3 Å². The van der Waals surface area contributed by atoms with Gasteiger partial charge in [-0.05, 0) is 24.7 Å². The van der Waals surface area contributed by atoms with Crippen molar-refractivity contribution in [2.45, 2.75) is 25.3 Å². The molecule has 3 heteroatoms. The van der Waals surface area contributed by atoms with E-state index in [1.807, 2.05) is 0 Å². The van der Waals surface area contributed by atoms with Gasteiger partial charge in [0.15, 0.2) is 0 Å². The molecule has 0 aromatic heterocycles. The van der Waals surface area contributed by atoms with Crippen LogP contribution in [0.15, 0.2) is 0 Å². The second-order valence-corrected chi connectivity index (χ2v) is 3.42. The van der Waals surface area contributed by atoms with Crippen molar-refractivity contribution in [1.82, 2.24) is 5.32 Å². The minimum Gasteiger partial charge on any atom is -0.453 e. The highest BCUT2D eigenvalue weighted by Crippen LogP contribution is 2.51. The highest BCUT2D eigenvalue weighted by molar-refractivity contribution is 5.68. The van der Waals surface area contributed by atoms with Crippen molar-refractivity contribution >= 4 is 6.09 Å². The Bertz CT molecular complexity index is 171. The molecule has 2 aliphatic rings. The summed E-state index contributed by atoms with van der Waals surface area (Å²) in [5.74, 6) is 1.54. The Balaban J connectivity index is 1.79. The third-order valence-electron chi connectivity index (χ3n) is 2.88. The van der Waals surface area contributed by atoms with Crippen LogP contribution in [0.4, 0.5) is 4.79 Å². The fraction of sp³-hybridized carbons (Fsp3) is 0.875. The molecule has 3 atom stereocenters. The highest BCUT2D eigenvalue weighted by Gasteiger charge is 2.53. The van der Waals surface area contributed by atoms with Gasteiger partial charge >= 0.3 is 6.09 Å². The summed E-state index contributed by atoms with van der Waals surface area (Å²) in [6, 6.07) is 0.441. The lowest BCUT2D eigenvalue weighted by Gasteiger charge is -2.04. The van der Waals surface area contributed by atoms with Gasteiger partial charge in [0.2, 0.25) is 0 Å². The van der Waals surface area contributed by atoms with Gasteiger partial charge in [0.05, 0.1) is 7.11 Å². The van der Waals surface area contributed by atoms with Gasteiger partial charge in [-0.25, -0.2) is 4.79 Å². The molecule has 0 bridgehead atoms. The summed E-state index contributed by atoms with van der Waals surface area (Å²) in [6.07, 6.45) is 3.65. The van der Waals surface area contributed by atoms with E-state index < -0.39 is 0 Å². The average molecular weight is 155 g/mol. The van der Waals surface area contributed by atoms with Crippen LogP contribution in [0, 0.1) is 11.8 Å². The molecule has 0 heterocycles. The van der Waals surface area contributed by atoms with Crippen LogP contribution < -0.4 is 5.32 Å². The number of nitrogens with one attached hydrogen (secondary N) is 1. The predicted octanol–water partition coefficient (Wildman–Crippen LogP) is 1.14. The van der Waals surface area contributed by atoms with E-state index in [0.29, 0.717) is 6.04 Å². The van der Waals surface area contributed by atoms with Crippen molar-refractivity contribution in [3.05, 3.63) is 0 Å². The molecule has 0 radical (unpaired) electrons. The molecule has 0 spiro atoms. The van der Waals surface area contributed by atoms with E-state index in [9.17, 15) is 4.79 Å². The molecule has 2 saturated carbocycles. The van der Waals surface area contributed by atoms with E-state index in [2.05, 4.69) is 10.1 Å². The standard InChI is InChI=1S/C8H13NO2/c1-11-8(10)9-7-5-3-2-4-6(5)7/h5-7H,2-4H2,1H3,(H,9,10)/t5-,6+,7?. The van der Waals surface area contributed by atoms with Gasteiger partial charge in [-0.15, -0.1) is 0 Å². The summed E-state index contributed by atoms with van der Waals surface area (Å²) in [5, 5.41) is 2.84. The van der Waals surface area contributed by atoms with Crippen molar-refractivity contribution in [3.8, 4) is 0 Å². The Labute approximate surface area is 66.1 Å². The van der Waals surface area contributed by atoms with E-state index in [-0.39, 0.29) is 6.09 Å². The molecule has 3 nitrogen and oxygen atoms in total. The summed E-state index contributed by atoms with van der Waals surface area (Å²) in [5.41, 5.74) is 0. The number of rotatable bonds is 1. The third-order valence-corrected chi connectivity index (χ3v) is 2.88. The Morgan fingerprint density at radius 3 is 2.64 bits per heavy atom. The molecule has 0 aromatic carbocycles. The van der Waals surface area contributed by atoms with Crippen molar-refractivity contribution in [3.63, 3.8) is 0 Å². The summed E-state index contributed by atoms with van der Waals surface area (Å²) >= 11 is 0. The zero-order chi connectivity index (χ0) is 7.84. The van der Waals surface area contributed by atoms with Crippen LogP contribution >= 0.6 is 0 Å². The number of carbonyl (C=O) groups excluding carboxylic acids is 1. The zero-order valence-corrected chi connectivity index (χ0v) is 6.67. The molecule has 0 aliphatic heterocycles. The lowest BCUT2D eigenvalue weighted by molar-refractivity contribution is 0.169. The lowest BCUT2D eigenvalue weighted by atomic mass is 10.2. The lowest BCUT2D eigenvalue weighted by Crippen LogP contribution is -2.28. The first-order chi connectivity index (χ1) is 5.33. The molecular formula is C8H13NO2. The van der Waals surface area contributed by atoms with Crippen LogP contribution in [-0.4, -0.2) is 19.2 Å². The number of hydrogen-bond acceptors (Lipinski definition) is 2. The maximum absolute atomic E-state index is 10.8. The summed E-state index contributed by atoms with van der Waals surface area (Å²) in [4.78, 5) is 10.8. The minimum atomic E-state index is -0.274. The Morgan fingerprint density at radius 2 is 2.09 bits per heavy atom. The number of amides is 1. The third kappa shape index (κ3) is 1.08. The fourth-order valence-electron chi connectivity index (χ4n) is 2.23. The molecule has 2 aliphatic carbocycles. The van der Waals surface area contributed by atoms with Gasteiger partial charge in [-0.1, -0.05) is 6.42 Å².